The molecule has 0 aromatic carbocycles. The molecule has 0 rings (SSSR count). The summed E-state index contributed by atoms with van der Waals surface area (Å²) in [5, 5.41) is 9.72. The van der Waals surface area contributed by atoms with Crippen molar-refractivity contribution in [2.45, 2.75) is 41.5 Å². The van der Waals surface area contributed by atoms with Crippen LogP contribution in [0, 0.1) is 10.8 Å². The maximum Gasteiger partial charge on any atom is 0.0978 e. The van der Waals surface area contributed by atoms with Gasteiger partial charge in [-0.3, -0.25) is 0 Å². The van der Waals surface area contributed by atoms with E-state index in [1.807, 2.05) is 20.8 Å². The second-order valence-corrected chi connectivity index (χ2v) is 5.55. The zero-order valence-electron chi connectivity index (χ0n) is 9.73. The van der Waals surface area contributed by atoms with Crippen molar-refractivity contribution in [3.05, 3.63) is 24.0 Å². The van der Waals surface area contributed by atoms with Crippen molar-refractivity contribution in [3.8, 4) is 0 Å². The van der Waals surface area contributed by atoms with Crippen LogP contribution in [0.1, 0.15) is 41.5 Å². The quantitative estimate of drug-likeness (QED) is 0.478. The monoisotopic (exact) mass is 182 g/mol. The molecule has 0 heterocycles. The van der Waals surface area contributed by atoms with Crippen LogP contribution in [0.5, 0.6) is 0 Å². The van der Waals surface area contributed by atoms with Crippen molar-refractivity contribution in [2.24, 2.45) is 10.8 Å². The highest BCUT2D eigenvalue weighted by molar-refractivity contribution is 5.24. The summed E-state index contributed by atoms with van der Waals surface area (Å²) in [6, 6.07) is 0. The second kappa shape index (κ2) is 3.57. The third kappa shape index (κ3) is 4.16. The third-order valence-electron chi connectivity index (χ3n) is 2.04. The van der Waals surface area contributed by atoms with Crippen molar-refractivity contribution in [1.29, 1.82) is 0 Å². The Kier molecular flexibility index (Phi) is 3.37. The summed E-state index contributed by atoms with van der Waals surface area (Å²) in [6.07, 6.45) is 1.78. The number of hydrogen-bond acceptors (Lipinski definition) is 1. The van der Waals surface area contributed by atoms with E-state index in [9.17, 15) is 5.11 Å². The molecule has 1 N–H and O–H groups in total. The largest absolute Gasteiger partial charge is 0.512 e. The molecule has 0 atom stereocenters. The Bertz CT molecular complexity index is 220. The molecule has 1 heteroatoms. The van der Waals surface area contributed by atoms with Gasteiger partial charge in [-0.05, 0) is 17.1 Å². The summed E-state index contributed by atoms with van der Waals surface area (Å²) >= 11 is 0. The lowest BCUT2D eigenvalue weighted by Gasteiger charge is -2.22. The summed E-state index contributed by atoms with van der Waals surface area (Å²) in [5.74, 6) is 0.396. The van der Waals surface area contributed by atoms with E-state index in [1.165, 1.54) is 0 Å². The summed E-state index contributed by atoms with van der Waals surface area (Å²) in [5.41, 5.74) is 0.799. The van der Waals surface area contributed by atoms with E-state index in [2.05, 4.69) is 27.4 Å². The van der Waals surface area contributed by atoms with E-state index in [-0.39, 0.29) is 10.8 Å². The molecule has 1 nitrogen and oxygen atoms in total. The van der Waals surface area contributed by atoms with Gasteiger partial charge in [0, 0.05) is 5.41 Å². The van der Waals surface area contributed by atoms with Crippen molar-refractivity contribution >= 4 is 0 Å². The van der Waals surface area contributed by atoms with Crippen molar-refractivity contribution in [1.82, 2.24) is 0 Å². The predicted molar refractivity (Wildman–Crippen MR) is 58.8 cm³/mol. The van der Waals surface area contributed by atoms with Gasteiger partial charge in [-0.15, -0.1) is 0 Å². The van der Waals surface area contributed by atoms with Crippen molar-refractivity contribution in [3.63, 3.8) is 0 Å². The molecule has 13 heavy (non-hydrogen) atoms. The van der Waals surface area contributed by atoms with Crippen LogP contribution in [0.25, 0.3) is 0 Å². The number of aliphatic hydroxyl groups is 1. The van der Waals surface area contributed by atoms with Gasteiger partial charge in [0.1, 0.15) is 0 Å². The molecule has 0 saturated heterocycles. The molecule has 0 fully saturated rings. The zero-order chi connectivity index (χ0) is 10.9. The molecule has 76 valence electrons. The topological polar surface area (TPSA) is 20.2 Å². The van der Waals surface area contributed by atoms with E-state index in [0.717, 1.165) is 5.57 Å². The fraction of sp³-hybridized carbons (Fsp3) is 0.667. The molecule has 0 unspecified atom stereocenters. The minimum atomic E-state index is -0.186. The summed E-state index contributed by atoms with van der Waals surface area (Å²) in [6.45, 7) is 16.1. The Hall–Kier alpha value is -0.720. The number of allylic oxidation sites excluding steroid dienone is 3. The molecular formula is C12H22O. The van der Waals surface area contributed by atoms with Crippen LogP contribution in [-0.4, -0.2) is 5.11 Å². The molecule has 0 aliphatic carbocycles. The van der Waals surface area contributed by atoms with Gasteiger partial charge in [0.15, 0.2) is 0 Å². The highest BCUT2D eigenvalue weighted by Crippen LogP contribution is 2.29. The minimum Gasteiger partial charge on any atom is -0.512 e. The van der Waals surface area contributed by atoms with Crippen LogP contribution in [0.15, 0.2) is 24.0 Å². The van der Waals surface area contributed by atoms with Gasteiger partial charge in [-0.1, -0.05) is 48.1 Å². The predicted octanol–water partition coefficient (Wildman–Crippen LogP) is 4.08. The van der Waals surface area contributed by atoms with E-state index in [1.54, 1.807) is 6.08 Å². The molecule has 0 aliphatic heterocycles. The lowest BCUT2D eigenvalue weighted by molar-refractivity contribution is 0.275. The van der Waals surface area contributed by atoms with Gasteiger partial charge in [-0.2, -0.15) is 0 Å². The molecule has 0 aromatic rings. The van der Waals surface area contributed by atoms with Gasteiger partial charge >= 0.3 is 0 Å². The van der Waals surface area contributed by atoms with Crippen LogP contribution >= 0.6 is 0 Å². The number of rotatable bonds is 1. The molecule has 0 spiro atoms. The van der Waals surface area contributed by atoms with E-state index in [0.29, 0.717) is 5.76 Å². The fourth-order valence-corrected chi connectivity index (χ4v) is 0.598. The summed E-state index contributed by atoms with van der Waals surface area (Å²) in [7, 11) is 0. The molecule has 0 amide bonds. The summed E-state index contributed by atoms with van der Waals surface area (Å²) < 4.78 is 0. The van der Waals surface area contributed by atoms with Crippen LogP contribution in [0.2, 0.25) is 0 Å². The second-order valence-electron chi connectivity index (χ2n) is 5.55. The zero-order valence-corrected chi connectivity index (χ0v) is 9.73. The molecule has 0 radical (unpaired) electrons. The first-order valence-corrected chi connectivity index (χ1v) is 4.65. The average molecular weight is 182 g/mol. The highest BCUT2D eigenvalue weighted by atomic mass is 16.3. The van der Waals surface area contributed by atoms with Crippen molar-refractivity contribution in [2.75, 3.05) is 0 Å². The van der Waals surface area contributed by atoms with E-state index < -0.39 is 0 Å². The maximum atomic E-state index is 9.72. The van der Waals surface area contributed by atoms with Crippen LogP contribution in [0.3, 0.4) is 0 Å². The lowest BCUT2D eigenvalue weighted by atomic mass is 9.84. The molecule has 0 aliphatic rings. The SMILES string of the molecule is C=C(/C=C(\O)C(C)(C)C)C(C)(C)C. The molecule has 0 bridgehead atoms. The molecular weight excluding hydrogens is 160 g/mol. The van der Waals surface area contributed by atoms with Gasteiger partial charge in [-0.25, -0.2) is 0 Å². The fourth-order valence-electron chi connectivity index (χ4n) is 0.598. The third-order valence-corrected chi connectivity index (χ3v) is 2.04. The number of aliphatic hydroxyl groups excluding tert-OH is 1. The van der Waals surface area contributed by atoms with E-state index >= 15 is 0 Å². The Morgan fingerprint density at radius 3 is 1.62 bits per heavy atom. The smallest absolute Gasteiger partial charge is 0.0978 e. The van der Waals surface area contributed by atoms with Gasteiger partial charge in [0.2, 0.25) is 0 Å². The molecule has 0 aromatic heterocycles. The Morgan fingerprint density at radius 2 is 1.38 bits per heavy atom. The van der Waals surface area contributed by atoms with Crippen LogP contribution in [-0.2, 0) is 0 Å². The van der Waals surface area contributed by atoms with Gasteiger partial charge < -0.3 is 5.11 Å². The van der Waals surface area contributed by atoms with Crippen molar-refractivity contribution < 1.29 is 5.11 Å². The first kappa shape index (κ1) is 12.3. The van der Waals surface area contributed by atoms with Gasteiger partial charge in [0.05, 0.1) is 5.76 Å². The molecule has 0 saturated carbocycles. The number of hydrogen-bond donors (Lipinski definition) is 1. The first-order chi connectivity index (χ1) is 5.55. The van der Waals surface area contributed by atoms with E-state index in [4.69, 9.17) is 0 Å². The normalized spacial score (nSPS) is 14.5. The highest BCUT2D eigenvalue weighted by Gasteiger charge is 2.19. The summed E-state index contributed by atoms with van der Waals surface area (Å²) in [4.78, 5) is 0. The van der Waals surface area contributed by atoms with Gasteiger partial charge in [0.25, 0.3) is 0 Å². The maximum absolute atomic E-state index is 9.72. The lowest BCUT2D eigenvalue weighted by Crippen LogP contribution is -2.12. The standard InChI is InChI=1S/C12H22O/c1-9(11(2,3)4)8-10(13)12(5,6)7/h8,13H,1H2,2-7H3/b10-8-. The Morgan fingerprint density at radius 1 is 1.00 bits per heavy atom. The average Bonchev–Trinajstić information content (AvgIpc) is 1.82. The Labute approximate surface area is 82.2 Å². The van der Waals surface area contributed by atoms with Crippen LogP contribution < -0.4 is 0 Å². The van der Waals surface area contributed by atoms with Crippen LogP contribution in [0.4, 0.5) is 0 Å². The first-order valence-electron chi connectivity index (χ1n) is 4.65. The Balaban J connectivity index is 4.70. The minimum absolute atomic E-state index is 0.0270.